The number of halogens is 2. The Morgan fingerprint density at radius 1 is 1.25 bits per heavy atom. The molecular weight excluding hydrogens is 382 g/mol. The van der Waals surface area contributed by atoms with Crippen molar-refractivity contribution in [2.75, 3.05) is 13.2 Å². The van der Waals surface area contributed by atoms with Crippen LogP contribution in [0.15, 0.2) is 21.1 Å². The summed E-state index contributed by atoms with van der Waals surface area (Å²) >= 11 is 7.14. The summed E-state index contributed by atoms with van der Waals surface area (Å²) in [6.07, 6.45) is 5.45. The third-order valence-corrected chi connectivity index (χ3v) is 5.10. The highest BCUT2D eigenvalue weighted by atomic mass is 79.9. The Morgan fingerprint density at radius 2 is 1.95 bits per heavy atom. The van der Waals surface area contributed by atoms with Gasteiger partial charge in [0.1, 0.15) is 5.75 Å². The second-order valence-corrected chi connectivity index (χ2v) is 7.70. The molecule has 0 heterocycles. The second-order valence-electron chi connectivity index (χ2n) is 5.93. The van der Waals surface area contributed by atoms with E-state index in [2.05, 4.69) is 50.2 Å². The molecule has 0 radical (unpaired) electrons. The molecule has 2 nitrogen and oxygen atoms in total. The summed E-state index contributed by atoms with van der Waals surface area (Å²) in [6.45, 7) is 7.04. The normalized spacial score (nSPS) is 17.4. The lowest BCUT2D eigenvalue weighted by molar-refractivity contribution is 0.309. The van der Waals surface area contributed by atoms with Crippen LogP contribution in [0.5, 0.6) is 5.75 Å². The number of rotatable bonds is 6. The van der Waals surface area contributed by atoms with E-state index >= 15 is 0 Å². The lowest BCUT2D eigenvalue weighted by atomic mass is 9.89. The fraction of sp³-hybridized carbons (Fsp3) is 0.625. The third-order valence-electron chi connectivity index (χ3n) is 4.05. The van der Waals surface area contributed by atoms with Gasteiger partial charge in [0.05, 0.1) is 11.1 Å². The molecule has 0 bridgehead atoms. The Hall–Kier alpha value is -0.0600. The maximum absolute atomic E-state index is 5.76. The zero-order valence-corrected chi connectivity index (χ0v) is 15.4. The Balaban J connectivity index is 2.01. The first kappa shape index (κ1) is 16.3. The molecule has 0 atom stereocenters. The van der Waals surface area contributed by atoms with Gasteiger partial charge in [-0.2, -0.15) is 0 Å². The number of hydrogen-bond acceptors (Lipinski definition) is 2. The van der Waals surface area contributed by atoms with Gasteiger partial charge in [0, 0.05) is 23.1 Å². The SMILES string of the molecule is CCOc1c(Br)cc(Br)cc1CNCC1(C)CCCC1. The number of nitrogens with one attached hydrogen (secondary N) is 1. The fourth-order valence-corrected chi connectivity index (χ4v) is 4.38. The summed E-state index contributed by atoms with van der Waals surface area (Å²) in [5.74, 6) is 0.958. The Kier molecular flexibility index (Phi) is 5.94. The number of hydrogen-bond donors (Lipinski definition) is 1. The van der Waals surface area contributed by atoms with Crippen molar-refractivity contribution in [1.82, 2.24) is 5.32 Å². The van der Waals surface area contributed by atoms with Gasteiger partial charge in [0.15, 0.2) is 0 Å². The van der Waals surface area contributed by atoms with E-state index in [4.69, 9.17) is 4.74 Å². The molecule has 1 aliphatic carbocycles. The molecular formula is C16H23Br2NO. The highest BCUT2D eigenvalue weighted by molar-refractivity contribution is 9.11. The first-order chi connectivity index (χ1) is 9.54. The maximum Gasteiger partial charge on any atom is 0.138 e. The van der Waals surface area contributed by atoms with Gasteiger partial charge in [-0.15, -0.1) is 0 Å². The molecule has 0 amide bonds. The molecule has 0 spiro atoms. The van der Waals surface area contributed by atoms with Gasteiger partial charge in [0.25, 0.3) is 0 Å². The zero-order valence-electron chi connectivity index (χ0n) is 12.3. The monoisotopic (exact) mass is 403 g/mol. The van der Waals surface area contributed by atoms with Crippen molar-refractivity contribution < 1.29 is 4.74 Å². The number of ether oxygens (including phenoxy) is 1. The van der Waals surface area contributed by atoms with E-state index in [1.54, 1.807) is 0 Å². The van der Waals surface area contributed by atoms with Crippen LogP contribution in [-0.2, 0) is 6.54 Å². The van der Waals surface area contributed by atoms with Crippen molar-refractivity contribution in [3.8, 4) is 5.75 Å². The van der Waals surface area contributed by atoms with E-state index in [-0.39, 0.29) is 0 Å². The standard InChI is InChI=1S/C16H23Br2NO/c1-3-20-15-12(8-13(17)9-14(15)18)10-19-11-16(2)6-4-5-7-16/h8-9,19H,3-7,10-11H2,1-2H3. The van der Waals surface area contributed by atoms with Crippen molar-refractivity contribution >= 4 is 31.9 Å². The van der Waals surface area contributed by atoms with E-state index in [0.717, 1.165) is 27.8 Å². The second kappa shape index (κ2) is 7.28. The molecule has 20 heavy (non-hydrogen) atoms. The van der Waals surface area contributed by atoms with Crippen LogP contribution in [0.25, 0.3) is 0 Å². The van der Waals surface area contributed by atoms with Crippen molar-refractivity contribution in [2.24, 2.45) is 5.41 Å². The van der Waals surface area contributed by atoms with Crippen molar-refractivity contribution in [1.29, 1.82) is 0 Å². The lowest BCUT2D eigenvalue weighted by Gasteiger charge is -2.24. The highest BCUT2D eigenvalue weighted by Crippen LogP contribution is 2.37. The van der Waals surface area contributed by atoms with Crippen LogP contribution < -0.4 is 10.1 Å². The Bertz CT molecular complexity index is 456. The van der Waals surface area contributed by atoms with Crippen LogP contribution in [0.3, 0.4) is 0 Å². The van der Waals surface area contributed by atoms with E-state index < -0.39 is 0 Å². The van der Waals surface area contributed by atoms with Crippen LogP contribution in [0.1, 0.15) is 45.1 Å². The van der Waals surface area contributed by atoms with Gasteiger partial charge in [-0.05, 0) is 53.2 Å². The fourth-order valence-electron chi connectivity index (χ4n) is 2.96. The van der Waals surface area contributed by atoms with Gasteiger partial charge in [-0.1, -0.05) is 35.7 Å². The summed E-state index contributed by atoms with van der Waals surface area (Å²) in [4.78, 5) is 0. The van der Waals surface area contributed by atoms with E-state index in [9.17, 15) is 0 Å². The molecule has 1 aromatic rings. The molecule has 4 heteroatoms. The molecule has 112 valence electrons. The molecule has 0 aromatic heterocycles. The predicted octanol–water partition coefficient (Wildman–Crippen LogP) is 5.28. The molecule has 2 rings (SSSR count). The third kappa shape index (κ3) is 4.22. The predicted molar refractivity (Wildman–Crippen MR) is 91.3 cm³/mol. The molecule has 0 aliphatic heterocycles. The van der Waals surface area contributed by atoms with Crippen molar-refractivity contribution in [3.05, 3.63) is 26.6 Å². The van der Waals surface area contributed by atoms with Crippen molar-refractivity contribution in [2.45, 2.75) is 46.1 Å². The molecule has 0 unspecified atom stereocenters. The summed E-state index contributed by atoms with van der Waals surface area (Å²) < 4.78 is 7.85. The average Bonchev–Trinajstić information content (AvgIpc) is 2.80. The molecule has 1 fully saturated rings. The van der Waals surface area contributed by atoms with Crippen LogP contribution >= 0.6 is 31.9 Å². The molecule has 1 aromatic carbocycles. The van der Waals surface area contributed by atoms with Crippen LogP contribution in [0, 0.1) is 5.41 Å². The maximum atomic E-state index is 5.76. The van der Waals surface area contributed by atoms with Crippen LogP contribution in [-0.4, -0.2) is 13.2 Å². The van der Waals surface area contributed by atoms with Gasteiger partial charge in [-0.3, -0.25) is 0 Å². The Labute approximate surface area is 138 Å². The van der Waals surface area contributed by atoms with Gasteiger partial charge < -0.3 is 10.1 Å². The zero-order chi connectivity index (χ0) is 14.6. The van der Waals surface area contributed by atoms with E-state index in [1.165, 1.54) is 31.2 Å². The smallest absolute Gasteiger partial charge is 0.138 e. The minimum absolute atomic E-state index is 0.481. The molecule has 1 aliphatic rings. The largest absolute Gasteiger partial charge is 0.492 e. The van der Waals surface area contributed by atoms with Crippen LogP contribution in [0.2, 0.25) is 0 Å². The first-order valence-electron chi connectivity index (χ1n) is 7.35. The minimum Gasteiger partial charge on any atom is -0.492 e. The quantitative estimate of drug-likeness (QED) is 0.696. The van der Waals surface area contributed by atoms with Gasteiger partial charge in [0.2, 0.25) is 0 Å². The minimum atomic E-state index is 0.481. The summed E-state index contributed by atoms with van der Waals surface area (Å²) in [5.41, 5.74) is 1.68. The molecule has 1 N–H and O–H groups in total. The van der Waals surface area contributed by atoms with E-state index in [1.807, 2.05) is 13.0 Å². The summed E-state index contributed by atoms with van der Waals surface area (Å²) in [7, 11) is 0. The van der Waals surface area contributed by atoms with Crippen molar-refractivity contribution in [3.63, 3.8) is 0 Å². The summed E-state index contributed by atoms with van der Waals surface area (Å²) in [6, 6.07) is 4.17. The Morgan fingerprint density at radius 3 is 2.60 bits per heavy atom. The summed E-state index contributed by atoms with van der Waals surface area (Å²) in [5, 5.41) is 3.62. The lowest BCUT2D eigenvalue weighted by Crippen LogP contribution is -2.29. The van der Waals surface area contributed by atoms with Gasteiger partial charge >= 0.3 is 0 Å². The van der Waals surface area contributed by atoms with Crippen LogP contribution in [0.4, 0.5) is 0 Å². The van der Waals surface area contributed by atoms with E-state index in [0.29, 0.717) is 12.0 Å². The first-order valence-corrected chi connectivity index (χ1v) is 8.94. The number of benzene rings is 1. The average molecular weight is 405 g/mol. The topological polar surface area (TPSA) is 21.3 Å². The van der Waals surface area contributed by atoms with Gasteiger partial charge in [-0.25, -0.2) is 0 Å². The molecule has 0 saturated heterocycles. The molecule has 1 saturated carbocycles. The highest BCUT2D eigenvalue weighted by Gasteiger charge is 2.28.